The van der Waals surface area contributed by atoms with E-state index in [-0.39, 0.29) is 0 Å². The van der Waals surface area contributed by atoms with Crippen molar-refractivity contribution in [2.45, 2.75) is 26.2 Å². The molecule has 0 aliphatic carbocycles. The van der Waals surface area contributed by atoms with Crippen LogP contribution in [0.5, 0.6) is 0 Å². The first-order valence-electron chi connectivity index (χ1n) is 6.19. The van der Waals surface area contributed by atoms with Gasteiger partial charge in [0.2, 0.25) is 0 Å². The van der Waals surface area contributed by atoms with Crippen molar-refractivity contribution in [1.29, 1.82) is 0 Å². The highest BCUT2D eigenvalue weighted by molar-refractivity contribution is 5.39. The maximum absolute atomic E-state index is 5.52. The molecule has 1 saturated heterocycles. The van der Waals surface area contributed by atoms with E-state index in [1.807, 2.05) is 6.20 Å². The Kier molecular flexibility index (Phi) is 3.78. The van der Waals surface area contributed by atoms with Gasteiger partial charge in [0.25, 0.3) is 0 Å². The monoisotopic (exact) mass is 219 g/mol. The van der Waals surface area contributed by atoms with Crippen LogP contribution in [0.1, 0.15) is 25.3 Å². The molecule has 0 amide bonds. The van der Waals surface area contributed by atoms with E-state index in [2.05, 4.69) is 28.9 Å². The van der Waals surface area contributed by atoms with Crippen molar-refractivity contribution in [2.24, 2.45) is 11.7 Å². The molecular formula is C13H21N3. The molecule has 1 aliphatic heterocycles. The highest BCUT2D eigenvalue weighted by Crippen LogP contribution is 2.21. The van der Waals surface area contributed by atoms with Crippen LogP contribution in [0.25, 0.3) is 0 Å². The third kappa shape index (κ3) is 2.73. The van der Waals surface area contributed by atoms with Crippen LogP contribution < -0.4 is 10.6 Å². The molecule has 2 heterocycles. The van der Waals surface area contributed by atoms with Crippen LogP contribution in [0.2, 0.25) is 0 Å². The molecule has 16 heavy (non-hydrogen) atoms. The topological polar surface area (TPSA) is 42.1 Å². The Hall–Kier alpha value is -1.09. The summed E-state index contributed by atoms with van der Waals surface area (Å²) in [6.07, 6.45) is 5.45. The second kappa shape index (κ2) is 5.30. The fraction of sp³-hybridized carbons (Fsp3) is 0.615. The number of hydrogen-bond acceptors (Lipinski definition) is 3. The van der Waals surface area contributed by atoms with Gasteiger partial charge in [-0.25, -0.2) is 4.98 Å². The van der Waals surface area contributed by atoms with Crippen LogP contribution in [0, 0.1) is 5.92 Å². The van der Waals surface area contributed by atoms with Gasteiger partial charge in [0, 0.05) is 19.3 Å². The molecule has 0 saturated carbocycles. The average Bonchev–Trinajstić information content (AvgIpc) is 2.32. The van der Waals surface area contributed by atoms with Crippen molar-refractivity contribution in [3.8, 4) is 0 Å². The van der Waals surface area contributed by atoms with E-state index in [4.69, 9.17) is 5.73 Å². The first kappa shape index (κ1) is 11.4. The lowest BCUT2D eigenvalue weighted by atomic mass is 9.99. The molecule has 3 heteroatoms. The summed E-state index contributed by atoms with van der Waals surface area (Å²) in [6.45, 7) is 5.31. The number of anilines is 1. The first-order chi connectivity index (χ1) is 7.79. The van der Waals surface area contributed by atoms with Crippen molar-refractivity contribution in [3.63, 3.8) is 0 Å². The summed E-state index contributed by atoms with van der Waals surface area (Å²) >= 11 is 0. The van der Waals surface area contributed by atoms with Crippen LogP contribution in [-0.2, 0) is 6.42 Å². The van der Waals surface area contributed by atoms with Gasteiger partial charge in [0.15, 0.2) is 0 Å². The van der Waals surface area contributed by atoms with Crippen LogP contribution in [0.4, 0.5) is 5.82 Å². The van der Waals surface area contributed by atoms with Crippen LogP contribution in [-0.4, -0.2) is 24.6 Å². The lowest BCUT2D eigenvalue weighted by Crippen LogP contribution is -2.33. The lowest BCUT2D eigenvalue weighted by molar-refractivity contribution is 0.436. The molecule has 2 N–H and O–H groups in total. The number of piperidine rings is 1. The minimum atomic E-state index is 0.697. The van der Waals surface area contributed by atoms with E-state index in [0.717, 1.165) is 31.2 Å². The van der Waals surface area contributed by atoms with Crippen molar-refractivity contribution in [3.05, 3.63) is 23.9 Å². The Balaban J connectivity index is 1.98. The zero-order valence-corrected chi connectivity index (χ0v) is 10.0. The zero-order chi connectivity index (χ0) is 11.4. The largest absolute Gasteiger partial charge is 0.357 e. The molecule has 1 fully saturated rings. The van der Waals surface area contributed by atoms with Gasteiger partial charge >= 0.3 is 0 Å². The van der Waals surface area contributed by atoms with E-state index in [9.17, 15) is 0 Å². The number of rotatable bonds is 3. The summed E-state index contributed by atoms with van der Waals surface area (Å²) in [5.41, 5.74) is 6.75. The van der Waals surface area contributed by atoms with E-state index in [1.54, 1.807) is 0 Å². The molecule has 0 unspecified atom stereocenters. The minimum Gasteiger partial charge on any atom is -0.357 e. The third-order valence-corrected chi connectivity index (χ3v) is 3.35. The van der Waals surface area contributed by atoms with E-state index >= 15 is 0 Å². The summed E-state index contributed by atoms with van der Waals surface area (Å²) in [5, 5.41) is 0. The van der Waals surface area contributed by atoms with Gasteiger partial charge in [-0.1, -0.05) is 13.0 Å². The van der Waals surface area contributed by atoms with Crippen molar-refractivity contribution in [1.82, 2.24) is 4.98 Å². The fourth-order valence-electron chi connectivity index (χ4n) is 2.16. The second-order valence-electron chi connectivity index (χ2n) is 4.73. The van der Waals surface area contributed by atoms with Gasteiger partial charge < -0.3 is 10.6 Å². The van der Waals surface area contributed by atoms with Crippen molar-refractivity contribution < 1.29 is 0 Å². The maximum Gasteiger partial charge on any atom is 0.128 e. The van der Waals surface area contributed by atoms with Crippen molar-refractivity contribution >= 4 is 5.82 Å². The molecule has 1 aliphatic rings. The first-order valence-corrected chi connectivity index (χ1v) is 6.19. The Morgan fingerprint density at radius 1 is 1.38 bits per heavy atom. The molecule has 1 aromatic rings. The SMILES string of the molecule is CC1CCN(c2ccc(CCN)cn2)CC1. The lowest BCUT2D eigenvalue weighted by Gasteiger charge is -2.31. The van der Waals surface area contributed by atoms with Crippen LogP contribution >= 0.6 is 0 Å². The predicted molar refractivity (Wildman–Crippen MR) is 67.6 cm³/mol. The average molecular weight is 219 g/mol. The van der Waals surface area contributed by atoms with Gasteiger partial charge in [-0.2, -0.15) is 0 Å². The normalized spacial score (nSPS) is 17.8. The van der Waals surface area contributed by atoms with Gasteiger partial charge in [-0.15, -0.1) is 0 Å². The fourth-order valence-corrected chi connectivity index (χ4v) is 2.16. The highest BCUT2D eigenvalue weighted by atomic mass is 15.2. The Morgan fingerprint density at radius 3 is 2.69 bits per heavy atom. The quantitative estimate of drug-likeness (QED) is 0.843. The molecule has 0 aromatic carbocycles. The summed E-state index contributed by atoms with van der Waals surface area (Å²) in [5.74, 6) is 1.99. The Morgan fingerprint density at radius 2 is 2.12 bits per heavy atom. The standard InChI is InChI=1S/C13H21N3/c1-11-5-8-16(9-6-11)13-3-2-12(4-7-14)10-15-13/h2-3,10-11H,4-9,14H2,1H3. The van der Waals surface area contributed by atoms with E-state index in [1.165, 1.54) is 18.4 Å². The summed E-state index contributed by atoms with van der Waals surface area (Å²) in [6, 6.07) is 4.27. The zero-order valence-electron chi connectivity index (χ0n) is 10.0. The molecular weight excluding hydrogens is 198 g/mol. The van der Waals surface area contributed by atoms with Gasteiger partial charge in [-0.3, -0.25) is 0 Å². The molecule has 0 spiro atoms. The number of aromatic nitrogens is 1. The Bertz CT molecular complexity index is 312. The molecule has 1 aromatic heterocycles. The predicted octanol–water partition coefficient (Wildman–Crippen LogP) is 1.82. The molecule has 0 bridgehead atoms. The molecule has 2 rings (SSSR count). The van der Waals surface area contributed by atoms with Crippen LogP contribution in [0.3, 0.4) is 0 Å². The second-order valence-corrected chi connectivity index (χ2v) is 4.73. The molecule has 88 valence electrons. The number of nitrogens with zero attached hydrogens (tertiary/aromatic N) is 2. The number of hydrogen-bond donors (Lipinski definition) is 1. The van der Waals surface area contributed by atoms with Gasteiger partial charge in [0.1, 0.15) is 5.82 Å². The minimum absolute atomic E-state index is 0.697. The number of pyridine rings is 1. The van der Waals surface area contributed by atoms with Gasteiger partial charge in [-0.05, 0) is 43.4 Å². The van der Waals surface area contributed by atoms with Crippen LogP contribution in [0.15, 0.2) is 18.3 Å². The van der Waals surface area contributed by atoms with Gasteiger partial charge in [0.05, 0.1) is 0 Å². The molecule has 0 radical (unpaired) electrons. The summed E-state index contributed by atoms with van der Waals surface area (Å²) in [4.78, 5) is 6.90. The van der Waals surface area contributed by atoms with E-state index < -0.39 is 0 Å². The van der Waals surface area contributed by atoms with Crippen molar-refractivity contribution in [2.75, 3.05) is 24.5 Å². The smallest absolute Gasteiger partial charge is 0.128 e. The maximum atomic E-state index is 5.52. The molecule has 0 atom stereocenters. The third-order valence-electron chi connectivity index (χ3n) is 3.35. The molecule has 3 nitrogen and oxygen atoms in total. The summed E-state index contributed by atoms with van der Waals surface area (Å²) < 4.78 is 0. The summed E-state index contributed by atoms with van der Waals surface area (Å²) in [7, 11) is 0. The van der Waals surface area contributed by atoms with E-state index in [0.29, 0.717) is 6.54 Å². The Labute approximate surface area is 97.7 Å². The number of nitrogens with two attached hydrogens (primary N) is 1. The highest BCUT2D eigenvalue weighted by Gasteiger charge is 2.16.